The third-order valence-electron chi connectivity index (χ3n) is 2.52. The largest absolute Gasteiger partial charge is 0.476 e. The predicted octanol–water partition coefficient (Wildman–Crippen LogP) is 2.84. The fourth-order valence-electron chi connectivity index (χ4n) is 1.66. The Morgan fingerprint density at radius 1 is 1.38 bits per heavy atom. The molecule has 0 unspecified atom stereocenters. The Morgan fingerprint density at radius 2 is 2.05 bits per heavy atom. The summed E-state index contributed by atoms with van der Waals surface area (Å²) in [4.78, 5) is 10.7. The van der Waals surface area contributed by atoms with Crippen LogP contribution in [0.4, 0.5) is 17.6 Å². The van der Waals surface area contributed by atoms with Gasteiger partial charge in [0.15, 0.2) is 5.69 Å². The molecule has 0 bridgehead atoms. The number of alkyl halides is 3. The summed E-state index contributed by atoms with van der Waals surface area (Å²) < 4.78 is 52.1. The van der Waals surface area contributed by atoms with Gasteiger partial charge in [0.1, 0.15) is 5.82 Å². The predicted molar refractivity (Wildman–Crippen MR) is 62.5 cm³/mol. The third-order valence-corrected chi connectivity index (χ3v) is 2.81. The average Bonchev–Trinajstić information content (AvgIpc) is 2.77. The van der Waals surface area contributed by atoms with Gasteiger partial charge in [-0.3, -0.25) is 0 Å². The molecule has 112 valence electrons. The second kappa shape index (κ2) is 5.32. The number of rotatable bonds is 3. The van der Waals surface area contributed by atoms with Crippen LogP contribution in [0.1, 0.15) is 21.7 Å². The number of hydrogen-bond acceptors (Lipinski definition) is 3. The van der Waals surface area contributed by atoms with Crippen LogP contribution in [0.15, 0.2) is 18.2 Å². The van der Waals surface area contributed by atoms with Crippen molar-refractivity contribution in [3.05, 3.63) is 46.0 Å². The van der Waals surface area contributed by atoms with Crippen molar-refractivity contribution in [3.8, 4) is 0 Å². The Hall–Kier alpha value is -2.16. The summed E-state index contributed by atoms with van der Waals surface area (Å²) in [6.07, 6.45) is -4.94. The second-order valence-electron chi connectivity index (χ2n) is 4.00. The number of aromatic carboxylic acids is 1. The lowest BCUT2D eigenvalue weighted by Gasteiger charge is -2.10. The first-order valence-corrected chi connectivity index (χ1v) is 5.76. The molecule has 2 rings (SSSR count). The molecular weight excluding hydrogens is 318 g/mol. The van der Waals surface area contributed by atoms with Gasteiger partial charge >= 0.3 is 12.1 Å². The van der Waals surface area contributed by atoms with Crippen LogP contribution in [0.2, 0.25) is 5.02 Å². The van der Waals surface area contributed by atoms with Crippen molar-refractivity contribution in [2.75, 3.05) is 0 Å². The minimum Gasteiger partial charge on any atom is -0.476 e. The average molecular weight is 324 g/mol. The lowest BCUT2D eigenvalue weighted by molar-refractivity contribution is -0.144. The van der Waals surface area contributed by atoms with Crippen LogP contribution < -0.4 is 0 Å². The Labute approximate surface area is 119 Å². The van der Waals surface area contributed by atoms with Gasteiger partial charge in [0.05, 0.1) is 11.6 Å². The van der Waals surface area contributed by atoms with Crippen molar-refractivity contribution in [1.82, 2.24) is 15.0 Å². The maximum Gasteiger partial charge on any atom is 0.435 e. The Morgan fingerprint density at radius 3 is 2.57 bits per heavy atom. The van der Waals surface area contributed by atoms with E-state index in [1.165, 1.54) is 6.07 Å². The highest BCUT2D eigenvalue weighted by molar-refractivity contribution is 6.30. The summed E-state index contributed by atoms with van der Waals surface area (Å²) in [5, 5.41) is 14.6. The summed E-state index contributed by atoms with van der Waals surface area (Å²) in [7, 11) is 0. The first-order valence-electron chi connectivity index (χ1n) is 5.38. The number of nitrogens with zero attached hydrogens (tertiary/aromatic N) is 3. The SMILES string of the molecule is O=C(O)c1nnn(Cc2ccc(F)c(Cl)c2)c1C(F)(F)F. The first-order chi connectivity index (χ1) is 9.70. The molecule has 0 radical (unpaired) electrons. The molecule has 2 aromatic rings. The van der Waals surface area contributed by atoms with E-state index in [0.717, 1.165) is 12.1 Å². The molecule has 0 fully saturated rings. The highest BCUT2D eigenvalue weighted by atomic mass is 35.5. The Kier molecular flexibility index (Phi) is 3.86. The van der Waals surface area contributed by atoms with Crippen molar-refractivity contribution < 1.29 is 27.5 Å². The van der Waals surface area contributed by atoms with E-state index in [9.17, 15) is 22.4 Å². The van der Waals surface area contributed by atoms with Crippen molar-refractivity contribution in [3.63, 3.8) is 0 Å². The zero-order valence-electron chi connectivity index (χ0n) is 10.0. The molecule has 0 saturated heterocycles. The maximum absolute atomic E-state index is 13.0. The zero-order chi connectivity index (χ0) is 15.8. The number of carboxylic acid groups (broad SMARTS) is 1. The van der Waals surface area contributed by atoms with Crippen LogP contribution in [-0.4, -0.2) is 26.1 Å². The third kappa shape index (κ3) is 3.13. The topological polar surface area (TPSA) is 68.0 Å². The van der Waals surface area contributed by atoms with E-state index >= 15 is 0 Å². The van der Waals surface area contributed by atoms with Crippen molar-refractivity contribution in [2.45, 2.75) is 12.7 Å². The van der Waals surface area contributed by atoms with E-state index < -0.39 is 35.9 Å². The van der Waals surface area contributed by atoms with Gasteiger partial charge in [-0.2, -0.15) is 13.2 Å². The van der Waals surface area contributed by atoms with Crippen LogP contribution in [0.5, 0.6) is 0 Å². The summed E-state index contributed by atoms with van der Waals surface area (Å²) in [6.45, 7) is -0.449. The number of aromatic nitrogens is 3. The van der Waals surface area contributed by atoms with Crippen molar-refractivity contribution >= 4 is 17.6 Å². The molecule has 10 heteroatoms. The highest BCUT2D eigenvalue weighted by Gasteiger charge is 2.41. The van der Waals surface area contributed by atoms with Gasteiger partial charge in [0, 0.05) is 0 Å². The monoisotopic (exact) mass is 323 g/mol. The summed E-state index contributed by atoms with van der Waals surface area (Å²) in [6, 6.07) is 3.32. The number of halogens is 5. The molecule has 0 saturated carbocycles. The lowest BCUT2D eigenvalue weighted by Crippen LogP contribution is -2.19. The molecule has 0 spiro atoms. The Balaban J connectivity index is 2.45. The van der Waals surface area contributed by atoms with Gasteiger partial charge in [0.25, 0.3) is 0 Å². The molecule has 0 aliphatic heterocycles. The van der Waals surface area contributed by atoms with E-state index in [-0.39, 0.29) is 10.6 Å². The van der Waals surface area contributed by atoms with Crippen LogP contribution in [-0.2, 0) is 12.7 Å². The van der Waals surface area contributed by atoms with Gasteiger partial charge in [-0.25, -0.2) is 13.9 Å². The minimum atomic E-state index is -4.94. The van der Waals surface area contributed by atoms with E-state index in [4.69, 9.17) is 16.7 Å². The van der Waals surface area contributed by atoms with Crippen LogP contribution in [0.3, 0.4) is 0 Å². The molecule has 1 aromatic heterocycles. The molecule has 0 atom stereocenters. The number of carbonyl (C=O) groups is 1. The molecular formula is C11H6ClF4N3O2. The smallest absolute Gasteiger partial charge is 0.435 e. The highest BCUT2D eigenvalue weighted by Crippen LogP contribution is 2.31. The number of carboxylic acids is 1. The normalized spacial score (nSPS) is 11.7. The van der Waals surface area contributed by atoms with E-state index in [1.54, 1.807) is 0 Å². The van der Waals surface area contributed by atoms with Crippen molar-refractivity contribution in [1.29, 1.82) is 0 Å². The van der Waals surface area contributed by atoms with Gasteiger partial charge < -0.3 is 5.11 Å². The summed E-state index contributed by atoms with van der Waals surface area (Å²) >= 11 is 5.53. The summed E-state index contributed by atoms with van der Waals surface area (Å²) in [5.41, 5.74) is -2.47. The molecule has 1 aromatic carbocycles. The maximum atomic E-state index is 13.0. The quantitative estimate of drug-likeness (QED) is 0.882. The number of benzene rings is 1. The van der Waals surface area contributed by atoms with Gasteiger partial charge in [-0.05, 0) is 17.7 Å². The van der Waals surface area contributed by atoms with E-state index in [1.807, 2.05) is 0 Å². The van der Waals surface area contributed by atoms with E-state index in [0.29, 0.717) is 4.68 Å². The van der Waals surface area contributed by atoms with Crippen LogP contribution >= 0.6 is 11.6 Å². The molecule has 0 aliphatic carbocycles. The standard InChI is InChI=1S/C11H6ClF4N3O2/c12-6-3-5(1-2-7(6)13)4-19-9(11(14,15)16)8(10(20)21)17-18-19/h1-3H,4H2,(H,20,21). The van der Waals surface area contributed by atoms with Gasteiger partial charge in [-0.15, -0.1) is 5.10 Å². The zero-order valence-corrected chi connectivity index (χ0v) is 10.8. The summed E-state index contributed by atoms with van der Waals surface area (Å²) in [5.74, 6) is -2.56. The van der Waals surface area contributed by atoms with Gasteiger partial charge in [0.2, 0.25) is 5.69 Å². The molecule has 1 heterocycles. The van der Waals surface area contributed by atoms with Crippen LogP contribution in [0, 0.1) is 5.82 Å². The fraction of sp³-hybridized carbons (Fsp3) is 0.182. The minimum absolute atomic E-state index is 0.216. The van der Waals surface area contributed by atoms with Crippen molar-refractivity contribution in [2.24, 2.45) is 0 Å². The Bertz CT molecular complexity index is 699. The molecule has 5 nitrogen and oxygen atoms in total. The second-order valence-corrected chi connectivity index (χ2v) is 4.40. The van der Waals surface area contributed by atoms with E-state index in [2.05, 4.69) is 10.3 Å². The van der Waals surface area contributed by atoms with Gasteiger partial charge in [-0.1, -0.05) is 22.9 Å². The molecule has 1 N–H and O–H groups in total. The molecule has 0 amide bonds. The molecule has 0 aliphatic rings. The first kappa shape index (κ1) is 15.2. The number of hydrogen-bond donors (Lipinski definition) is 1. The fourth-order valence-corrected chi connectivity index (χ4v) is 1.86. The lowest BCUT2D eigenvalue weighted by atomic mass is 10.2. The molecule has 21 heavy (non-hydrogen) atoms. The van der Waals surface area contributed by atoms with Crippen LogP contribution in [0.25, 0.3) is 0 Å².